The largest absolute Gasteiger partial charge is 0.478 e. The van der Waals surface area contributed by atoms with Crippen LogP contribution in [0.25, 0.3) is 0 Å². The number of aliphatic carboxylic acids is 1. The molecule has 0 radical (unpaired) electrons. The number of likely N-dealkylation sites (tertiary alicyclic amines) is 1. The first-order valence-corrected chi connectivity index (χ1v) is 4.72. The van der Waals surface area contributed by atoms with Crippen molar-refractivity contribution < 1.29 is 9.90 Å². The molecule has 0 aliphatic carbocycles. The third-order valence-electron chi connectivity index (χ3n) is 2.63. The maximum Gasteiger partial charge on any atom is 0.332 e. The van der Waals surface area contributed by atoms with Crippen LogP contribution in [0.1, 0.15) is 26.7 Å². The van der Waals surface area contributed by atoms with Gasteiger partial charge in [-0.2, -0.15) is 0 Å². The smallest absolute Gasteiger partial charge is 0.332 e. The average molecular weight is 183 g/mol. The van der Waals surface area contributed by atoms with Crippen molar-refractivity contribution in [1.82, 2.24) is 4.90 Å². The molecule has 0 amide bonds. The van der Waals surface area contributed by atoms with E-state index < -0.39 is 5.97 Å². The zero-order valence-corrected chi connectivity index (χ0v) is 8.29. The van der Waals surface area contributed by atoms with E-state index in [0.717, 1.165) is 19.4 Å². The lowest BCUT2D eigenvalue weighted by atomic mass is 10.1. The summed E-state index contributed by atoms with van der Waals surface area (Å²) in [6, 6.07) is 0.459. The molecule has 74 valence electrons. The van der Waals surface area contributed by atoms with Gasteiger partial charge in [-0.1, -0.05) is 6.58 Å². The van der Waals surface area contributed by atoms with Crippen LogP contribution in [0.2, 0.25) is 0 Å². The molecular weight excluding hydrogens is 166 g/mol. The molecule has 0 spiro atoms. The molecule has 1 atom stereocenters. The summed E-state index contributed by atoms with van der Waals surface area (Å²) >= 11 is 0. The highest BCUT2D eigenvalue weighted by atomic mass is 16.4. The summed E-state index contributed by atoms with van der Waals surface area (Å²) in [4.78, 5) is 12.9. The highest BCUT2D eigenvalue weighted by Gasteiger charge is 2.30. The average Bonchev–Trinajstić information content (AvgIpc) is 2.50. The van der Waals surface area contributed by atoms with Crippen molar-refractivity contribution in [2.24, 2.45) is 0 Å². The molecule has 3 heteroatoms. The molecule has 13 heavy (non-hydrogen) atoms. The maximum atomic E-state index is 10.7. The van der Waals surface area contributed by atoms with Crippen molar-refractivity contribution in [2.75, 3.05) is 6.54 Å². The number of hydrogen-bond donors (Lipinski definition) is 1. The second-order valence-electron chi connectivity index (χ2n) is 3.82. The summed E-state index contributed by atoms with van der Waals surface area (Å²) in [6.45, 7) is 8.80. The molecule has 0 aromatic heterocycles. The van der Waals surface area contributed by atoms with E-state index >= 15 is 0 Å². The quantitative estimate of drug-likeness (QED) is 0.674. The number of nitrogens with zero attached hydrogens (tertiary/aromatic N) is 1. The van der Waals surface area contributed by atoms with E-state index in [1.54, 1.807) is 0 Å². The van der Waals surface area contributed by atoms with Crippen molar-refractivity contribution in [3.05, 3.63) is 12.2 Å². The first kappa shape index (κ1) is 10.3. The van der Waals surface area contributed by atoms with E-state index in [9.17, 15) is 4.79 Å². The Balaban J connectivity index is 2.68. The lowest BCUT2D eigenvalue weighted by Crippen LogP contribution is -2.38. The minimum atomic E-state index is -0.863. The predicted molar refractivity (Wildman–Crippen MR) is 51.6 cm³/mol. The summed E-state index contributed by atoms with van der Waals surface area (Å²) < 4.78 is 0. The molecule has 0 aromatic carbocycles. The van der Waals surface area contributed by atoms with Crippen LogP contribution in [0.3, 0.4) is 0 Å². The number of carboxylic acids is 1. The lowest BCUT2D eigenvalue weighted by Gasteiger charge is -2.28. The highest BCUT2D eigenvalue weighted by molar-refractivity contribution is 5.87. The molecule has 0 bridgehead atoms. The Labute approximate surface area is 79.0 Å². The zero-order valence-electron chi connectivity index (χ0n) is 8.29. The van der Waals surface area contributed by atoms with E-state index in [1.807, 2.05) is 0 Å². The van der Waals surface area contributed by atoms with Gasteiger partial charge in [-0.3, -0.25) is 4.90 Å². The molecule has 1 N–H and O–H groups in total. The molecule has 1 heterocycles. The summed E-state index contributed by atoms with van der Waals surface area (Å²) in [5.74, 6) is -0.863. The fraction of sp³-hybridized carbons (Fsp3) is 0.700. The first-order valence-electron chi connectivity index (χ1n) is 4.72. The number of carbonyl (C=O) groups is 1. The molecule has 1 saturated heterocycles. The minimum Gasteiger partial charge on any atom is -0.478 e. The van der Waals surface area contributed by atoms with Gasteiger partial charge in [-0.25, -0.2) is 4.79 Å². The molecule has 1 aliphatic rings. The summed E-state index contributed by atoms with van der Waals surface area (Å²) in [6.07, 6.45) is 2.01. The van der Waals surface area contributed by atoms with Crippen molar-refractivity contribution in [3.63, 3.8) is 0 Å². The Bertz CT molecular complexity index is 223. The Morgan fingerprint density at radius 2 is 2.23 bits per heavy atom. The van der Waals surface area contributed by atoms with Gasteiger partial charge < -0.3 is 5.11 Å². The van der Waals surface area contributed by atoms with Crippen molar-refractivity contribution >= 4 is 5.97 Å². The van der Waals surface area contributed by atoms with E-state index in [2.05, 4.69) is 25.3 Å². The van der Waals surface area contributed by atoms with Gasteiger partial charge in [0.2, 0.25) is 0 Å². The van der Waals surface area contributed by atoms with Gasteiger partial charge >= 0.3 is 5.97 Å². The number of carboxylic acid groups (broad SMARTS) is 1. The van der Waals surface area contributed by atoms with Crippen LogP contribution in [0.15, 0.2) is 12.2 Å². The van der Waals surface area contributed by atoms with Gasteiger partial charge in [0.05, 0.1) is 0 Å². The molecular formula is C10H17NO2. The SMILES string of the molecule is C=C(C(=O)O)C1CCCN1C(C)C. The zero-order chi connectivity index (χ0) is 10.0. The van der Waals surface area contributed by atoms with Crippen molar-refractivity contribution in [2.45, 2.75) is 38.8 Å². The summed E-state index contributed by atoms with van der Waals surface area (Å²) in [5.41, 5.74) is 0.339. The standard InChI is InChI=1S/C10H17NO2/c1-7(2)11-6-4-5-9(11)8(3)10(12)13/h7,9H,3-6H2,1-2H3,(H,12,13). The topological polar surface area (TPSA) is 40.5 Å². The fourth-order valence-corrected chi connectivity index (χ4v) is 1.92. The Hall–Kier alpha value is -0.830. The van der Waals surface area contributed by atoms with Gasteiger partial charge in [0.1, 0.15) is 0 Å². The summed E-state index contributed by atoms with van der Waals surface area (Å²) in [5, 5.41) is 8.82. The van der Waals surface area contributed by atoms with E-state index in [4.69, 9.17) is 5.11 Å². The van der Waals surface area contributed by atoms with Crippen LogP contribution in [-0.2, 0) is 4.79 Å². The molecule has 1 aliphatic heterocycles. The second-order valence-corrected chi connectivity index (χ2v) is 3.82. The van der Waals surface area contributed by atoms with Crippen molar-refractivity contribution in [1.29, 1.82) is 0 Å². The molecule has 3 nitrogen and oxygen atoms in total. The van der Waals surface area contributed by atoms with Crippen molar-refractivity contribution in [3.8, 4) is 0 Å². The highest BCUT2D eigenvalue weighted by Crippen LogP contribution is 2.24. The van der Waals surface area contributed by atoms with Gasteiger partial charge in [0.25, 0.3) is 0 Å². The Kier molecular flexibility index (Phi) is 3.09. The van der Waals surface area contributed by atoms with Gasteiger partial charge in [-0.15, -0.1) is 0 Å². The Morgan fingerprint density at radius 1 is 1.62 bits per heavy atom. The van der Waals surface area contributed by atoms with E-state index in [1.165, 1.54) is 0 Å². The first-order chi connectivity index (χ1) is 6.04. The van der Waals surface area contributed by atoms with E-state index in [-0.39, 0.29) is 6.04 Å². The molecule has 1 rings (SSSR count). The predicted octanol–water partition coefficient (Wildman–Crippen LogP) is 1.50. The minimum absolute atomic E-state index is 0.0532. The van der Waals surface area contributed by atoms with Crippen LogP contribution in [0, 0.1) is 0 Å². The number of rotatable bonds is 3. The molecule has 0 saturated carbocycles. The Morgan fingerprint density at radius 3 is 2.69 bits per heavy atom. The van der Waals surface area contributed by atoms with Crippen LogP contribution in [0.4, 0.5) is 0 Å². The van der Waals surface area contributed by atoms with Crippen LogP contribution in [-0.4, -0.2) is 34.6 Å². The van der Waals surface area contributed by atoms with Crippen LogP contribution in [0.5, 0.6) is 0 Å². The molecule has 1 unspecified atom stereocenters. The molecule has 0 aromatic rings. The third kappa shape index (κ3) is 2.10. The van der Waals surface area contributed by atoms with E-state index in [0.29, 0.717) is 11.6 Å². The second kappa shape index (κ2) is 3.92. The lowest BCUT2D eigenvalue weighted by molar-refractivity contribution is -0.133. The maximum absolute atomic E-state index is 10.7. The van der Waals surface area contributed by atoms with Gasteiger partial charge in [-0.05, 0) is 33.2 Å². The summed E-state index contributed by atoms with van der Waals surface area (Å²) in [7, 11) is 0. The monoisotopic (exact) mass is 183 g/mol. The molecule has 1 fully saturated rings. The third-order valence-corrected chi connectivity index (χ3v) is 2.63. The van der Waals surface area contributed by atoms with Crippen LogP contribution >= 0.6 is 0 Å². The van der Waals surface area contributed by atoms with Gasteiger partial charge in [0, 0.05) is 17.7 Å². The normalized spacial score (nSPS) is 23.8. The van der Waals surface area contributed by atoms with Crippen LogP contribution < -0.4 is 0 Å². The fourth-order valence-electron chi connectivity index (χ4n) is 1.92. The number of hydrogen-bond acceptors (Lipinski definition) is 2. The van der Waals surface area contributed by atoms with Gasteiger partial charge in [0.15, 0.2) is 0 Å².